The topological polar surface area (TPSA) is 63.4 Å². The van der Waals surface area contributed by atoms with Gasteiger partial charge in [0.25, 0.3) is 0 Å². The van der Waals surface area contributed by atoms with Gasteiger partial charge < -0.3 is 5.73 Å². The van der Waals surface area contributed by atoms with Crippen LogP contribution in [0.1, 0.15) is 13.8 Å². The molecule has 0 aliphatic carbocycles. The second-order valence-corrected chi connectivity index (χ2v) is 8.17. The van der Waals surface area contributed by atoms with Crippen LogP contribution in [0.4, 0.5) is 0 Å². The molecule has 1 fully saturated rings. The lowest BCUT2D eigenvalue weighted by molar-refractivity contribution is 0.222. The minimum atomic E-state index is -3.00. The van der Waals surface area contributed by atoms with Crippen molar-refractivity contribution >= 4 is 21.6 Å². The third-order valence-electron chi connectivity index (χ3n) is 2.30. The van der Waals surface area contributed by atoms with Crippen LogP contribution in [0.5, 0.6) is 0 Å². The number of sulfone groups is 1. The van der Waals surface area contributed by atoms with E-state index in [2.05, 4.69) is 0 Å². The second-order valence-electron chi connectivity index (χ2n) is 4.82. The third-order valence-corrected chi connectivity index (χ3v) is 4.98. The van der Waals surface area contributed by atoms with Crippen molar-refractivity contribution in [2.45, 2.75) is 24.8 Å². The Balaban J connectivity index is 2.75. The summed E-state index contributed by atoms with van der Waals surface area (Å²) in [4.78, 5) is 1.99. The van der Waals surface area contributed by atoms with Crippen molar-refractivity contribution in [3.05, 3.63) is 0 Å². The summed E-state index contributed by atoms with van der Waals surface area (Å²) in [6, 6.07) is 0. The van der Waals surface area contributed by atoms with Crippen molar-refractivity contribution in [1.82, 2.24) is 4.90 Å². The van der Waals surface area contributed by atoms with Crippen LogP contribution >= 0.6 is 11.8 Å². The van der Waals surface area contributed by atoms with Crippen molar-refractivity contribution < 1.29 is 8.42 Å². The molecule has 1 aliphatic heterocycles. The first kappa shape index (κ1) is 13.3. The van der Waals surface area contributed by atoms with Crippen LogP contribution in [-0.2, 0) is 9.84 Å². The van der Waals surface area contributed by atoms with E-state index in [1.165, 1.54) is 6.26 Å². The number of rotatable bonds is 3. The SMILES string of the molecule is CC(C)(N)CN1CCSCC1S(C)(=O)=O. The number of hydrogen-bond donors (Lipinski definition) is 1. The predicted octanol–water partition coefficient (Wildman–Crippen LogP) is 0.143. The van der Waals surface area contributed by atoms with Gasteiger partial charge in [-0.05, 0) is 13.8 Å². The van der Waals surface area contributed by atoms with Gasteiger partial charge in [-0.1, -0.05) is 0 Å². The average Bonchev–Trinajstić information content (AvgIpc) is 1.99. The molecule has 0 amide bonds. The van der Waals surface area contributed by atoms with E-state index in [1.807, 2.05) is 18.7 Å². The summed E-state index contributed by atoms with van der Waals surface area (Å²) in [5, 5.41) is -0.362. The van der Waals surface area contributed by atoms with Gasteiger partial charge in [-0.3, -0.25) is 4.90 Å². The number of hydrogen-bond acceptors (Lipinski definition) is 5. The molecule has 0 spiro atoms. The molecule has 1 heterocycles. The van der Waals surface area contributed by atoms with E-state index < -0.39 is 9.84 Å². The molecule has 0 aromatic heterocycles. The zero-order chi connectivity index (χ0) is 11.7. The summed E-state index contributed by atoms with van der Waals surface area (Å²) in [5.74, 6) is 1.65. The molecular weight excluding hydrogens is 232 g/mol. The highest BCUT2D eigenvalue weighted by atomic mass is 32.2. The van der Waals surface area contributed by atoms with Crippen molar-refractivity contribution in [1.29, 1.82) is 0 Å². The van der Waals surface area contributed by atoms with Crippen molar-refractivity contribution in [3.63, 3.8) is 0 Å². The zero-order valence-corrected chi connectivity index (χ0v) is 11.2. The van der Waals surface area contributed by atoms with Crippen LogP contribution in [0.25, 0.3) is 0 Å². The van der Waals surface area contributed by atoms with Gasteiger partial charge in [0.2, 0.25) is 0 Å². The summed E-state index contributed by atoms with van der Waals surface area (Å²) >= 11 is 1.70. The van der Waals surface area contributed by atoms with E-state index in [4.69, 9.17) is 5.73 Å². The first-order chi connectivity index (χ1) is 6.70. The quantitative estimate of drug-likeness (QED) is 0.774. The molecule has 1 aliphatic rings. The highest BCUT2D eigenvalue weighted by molar-refractivity contribution is 8.00. The van der Waals surface area contributed by atoms with Gasteiger partial charge in [-0.25, -0.2) is 8.42 Å². The van der Waals surface area contributed by atoms with Gasteiger partial charge in [0.05, 0.1) is 0 Å². The Morgan fingerprint density at radius 3 is 2.60 bits per heavy atom. The molecule has 6 heteroatoms. The maximum absolute atomic E-state index is 11.6. The third kappa shape index (κ3) is 4.30. The Hall–Kier alpha value is 0.220. The summed E-state index contributed by atoms with van der Waals surface area (Å²) in [5.41, 5.74) is 5.59. The molecule has 2 N–H and O–H groups in total. The zero-order valence-electron chi connectivity index (χ0n) is 9.56. The van der Waals surface area contributed by atoms with Crippen LogP contribution in [0.2, 0.25) is 0 Å². The Bertz CT molecular complexity index is 309. The van der Waals surface area contributed by atoms with Crippen LogP contribution in [0, 0.1) is 0 Å². The molecule has 1 rings (SSSR count). The number of nitrogens with zero attached hydrogens (tertiary/aromatic N) is 1. The fourth-order valence-electron chi connectivity index (χ4n) is 1.71. The first-order valence-corrected chi connectivity index (χ1v) is 8.11. The van der Waals surface area contributed by atoms with Crippen LogP contribution in [0.3, 0.4) is 0 Å². The molecule has 0 aromatic rings. The number of nitrogens with two attached hydrogens (primary N) is 1. The first-order valence-electron chi connectivity index (χ1n) is 5.00. The molecule has 15 heavy (non-hydrogen) atoms. The van der Waals surface area contributed by atoms with Gasteiger partial charge in [-0.2, -0.15) is 11.8 Å². The summed E-state index contributed by atoms with van der Waals surface area (Å²) in [6.45, 7) is 5.29. The van der Waals surface area contributed by atoms with E-state index in [0.29, 0.717) is 12.3 Å². The Kier molecular flexibility index (Phi) is 4.08. The van der Waals surface area contributed by atoms with Gasteiger partial charge in [0.15, 0.2) is 9.84 Å². The van der Waals surface area contributed by atoms with Crippen molar-refractivity contribution in [2.24, 2.45) is 5.73 Å². The molecule has 1 saturated heterocycles. The molecule has 1 atom stereocenters. The van der Waals surface area contributed by atoms with Crippen LogP contribution < -0.4 is 5.73 Å². The smallest absolute Gasteiger partial charge is 0.164 e. The van der Waals surface area contributed by atoms with Gasteiger partial charge >= 0.3 is 0 Å². The molecule has 0 radical (unpaired) electrons. The molecular formula is C9H20N2O2S2. The fourth-order valence-corrected chi connectivity index (χ4v) is 4.66. The monoisotopic (exact) mass is 252 g/mol. The average molecular weight is 252 g/mol. The summed E-state index contributed by atoms with van der Waals surface area (Å²) < 4.78 is 23.2. The van der Waals surface area contributed by atoms with Crippen LogP contribution in [0.15, 0.2) is 0 Å². The van der Waals surface area contributed by atoms with E-state index in [9.17, 15) is 8.42 Å². The highest BCUT2D eigenvalue weighted by Gasteiger charge is 2.33. The van der Waals surface area contributed by atoms with E-state index in [1.54, 1.807) is 11.8 Å². The predicted molar refractivity (Wildman–Crippen MR) is 65.8 cm³/mol. The fraction of sp³-hybridized carbons (Fsp3) is 1.00. The van der Waals surface area contributed by atoms with E-state index >= 15 is 0 Å². The standard InChI is InChI=1S/C9H20N2O2S2/c1-9(2,10)7-11-4-5-14-6-8(11)15(3,12)13/h8H,4-7,10H2,1-3H3. The van der Waals surface area contributed by atoms with Crippen molar-refractivity contribution in [3.8, 4) is 0 Å². The van der Waals surface area contributed by atoms with Crippen LogP contribution in [-0.4, -0.2) is 55.1 Å². The van der Waals surface area contributed by atoms with Gasteiger partial charge in [-0.15, -0.1) is 0 Å². The Labute approximate surface area is 96.5 Å². The maximum atomic E-state index is 11.6. The molecule has 0 saturated carbocycles. The normalized spacial score (nSPS) is 25.5. The summed E-state index contributed by atoms with van der Waals surface area (Å²) in [7, 11) is -3.00. The molecule has 1 unspecified atom stereocenters. The van der Waals surface area contributed by atoms with E-state index in [-0.39, 0.29) is 10.9 Å². The Morgan fingerprint density at radius 1 is 1.53 bits per heavy atom. The van der Waals surface area contributed by atoms with Gasteiger partial charge in [0, 0.05) is 36.4 Å². The molecule has 4 nitrogen and oxygen atoms in total. The number of thioether (sulfide) groups is 1. The highest BCUT2D eigenvalue weighted by Crippen LogP contribution is 2.21. The maximum Gasteiger partial charge on any atom is 0.164 e. The molecule has 0 bridgehead atoms. The largest absolute Gasteiger partial charge is 0.324 e. The van der Waals surface area contributed by atoms with Gasteiger partial charge in [0.1, 0.15) is 5.37 Å². The second kappa shape index (κ2) is 4.61. The molecule has 90 valence electrons. The Morgan fingerprint density at radius 2 is 2.13 bits per heavy atom. The van der Waals surface area contributed by atoms with Crippen molar-refractivity contribution in [2.75, 3.05) is 30.9 Å². The lowest BCUT2D eigenvalue weighted by Gasteiger charge is -2.37. The summed E-state index contributed by atoms with van der Waals surface area (Å²) in [6.07, 6.45) is 1.31. The minimum absolute atomic E-state index is 0.342. The van der Waals surface area contributed by atoms with E-state index in [0.717, 1.165) is 12.3 Å². The lowest BCUT2D eigenvalue weighted by atomic mass is 10.1. The minimum Gasteiger partial charge on any atom is -0.324 e. The molecule has 0 aromatic carbocycles. The lowest BCUT2D eigenvalue weighted by Crippen LogP contribution is -2.54.